The lowest BCUT2D eigenvalue weighted by atomic mass is 10.2. The van der Waals surface area contributed by atoms with Gasteiger partial charge < -0.3 is 10.1 Å². The van der Waals surface area contributed by atoms with Crippen LogP contribution in [0.3, 0.4) is 0 Å². The predicted molar refractivity (Wildman–Crippen MR) is 87.8 cm³/mol. The molecule has 1 heterocycles. The maximum atomic E-state index is 11.9. The summed E-state index contributed by atoms with van der Waals surface area (Å²) in [6.45, 7) is 4.04. The normalized spacial score (nSPS) is 22.2. The summed E-state index contributed by atoms with van der Waals surface area (Å²) in [6, 6.07) is 8.24. The minimum absolute atomic E-state index is 0.0355. The number of nitrogens with one attached hydrogen (secondary N) is 1. The molecule has 5 heteroatoms. The summed E-state index contributed by atoms with van der Waals surface area (Å²) in [4.78, 5) is 14.2. The van der Waals surface area contributed by atoms with Gasteiger partial charge in [0.15, 0.2) is 0 Å². The van der Waals surface area contributed by atoms with Gasteiger partial charge in [0.05, 0.1) is 13.2 Å². The van der Waals surface area contributed by atoms with Crippen LogP contribution in [0.15, 0.2) is 24.3 Å². The summed E-state index contributed by atoms with van der Waals surface area (Å²) >= 11 is 1.94. The first-order chi connectivity index (χ1) is 10.2. The Morgan fingerprint density at radius 1 is 1.43 bits per heavy atom. The Morgan fingerprint density at radius 2 is 2.14 bits per heavy atom. The van der Waals surface area contributed by atoms with E-state index in [2.05, 4.69) is 29.3 Å². The third-order valence-corrected chi connectivity index (χ3v) is 5.28. The van der Waals surface area contributed by atoms with Gasteiger partial charge in [0, 0.05) is 24.6 Å². The van der Waals surface area contributed by atoms with Gasteiger partial charge in [-0.2, -0.15) is 11.8 Å². The van der Waals surface area contributed by atoms with Crippen molar-refractivity contribution in [1.82, 2.24) is 10.2 Å². The van der Waals surface area contributed by atoms with E-state index in [1.807, 2.05) is 23.9 Å². The van der Waals surface area contributed by atoms with Gasteiger partial charge in [0.2, 0.25) is 5.91 Å². The molecule has 1 aliphatic heterocycles. The fourth-order valence-corrected chi connectivity index (χ4v) is 3.94. The van der Waals surface area contributed by atoms with E-state index in [0.717, 1.165) is 31.0 Å². The highest BCUT2D eigenvalue weighted by atomic mass is 32.2. The summed E-state index contributed by atoms with van der Waals surface area (Å²) < 4.78 is 5.17. The highest BCUT2D eigenvalue weighted by Crippen LogP contribution is 2.30. The van der Waals surface area contributed by atoms with E-state index in [0.29, 0.717) is 5.25 Å². The first kappa shape index (κ1) is 16.2. The lowest BCUT2D eigenvalue weighted by Crippen LogP contribution is -2.41. The van der Waals surface area contributed by atoms with Crippen molar-refractivity contribution < 1.29 is 9.53 Å². The second kappa shape index (κ2) is 7.71. The number of methoxy groups -OCH3 is 1. The Bertz CT molecular complexity index is 464. The van der Waals surface area contributed by atoms with Gasteiger partial charge in [0.1, 0.15) is 5.75 Å². The molecule has 1 aromatic rings. The number of hydrogen-bond donors (Lipinski definition) is 1. The van der Waals surface area contributed by atoms with E-state index in [1.54, 1.807) is 14.2 Å². The minimum atomic E-state index is 0.0355. The molecule has 4 nitrogen and oxygen atoms in total. The van der Waals surface area contributed by atoms with Crippen LogP contribution in [0, 0.1) is 0 Å². The number of nitrogens with zero attached hydrogens (tertiary/aromatic N) is 1. The van der Waals surface area contributed by atoms with E-state index in [1.165, 1.54) is 5.56 Å². The number of likely N-dealkylation sites (N-methyl/N-ethyl adjacent to an activating group) is 2. The number of amides is 1. The number of benzene rings is 1. The van der Waals surface area contributed by atoms with Crippen molar-refractivity contribution in [3.05, 3.63) is 29.8 Å². The summed E-state index contributed by atoms with van der Waals surface area (Å²) in [7, 11) is 3.40. The molecule has 0 aromatic heterocycles. The molecule has 116 valence electrons. The van der Waals surface area contributed by atoms with Crippen LogP contribution in [0.5, 0.6) is 5.75 Å². The average molecular weight is 308 g/mol. The molecule has 1 fully saturated rings. The topological polar surface area (TPSA) is 41.6 Å². The zero-order chi connectivity index (χ0) is 15.2. The van der Waals surface area contributed by atoms with Gasteiger partial charge in [-0.1, -0.05) is 19.1 Å². The number of ether oxygens (including phenoxy) is 1. The largest absolute Gasteiger partial charge is 0.497 e. The van der Waals surface area contributed by atoms with E-state index >= 15 is 0 Å². The predicted octanol–water partition coefficient (Wildman–Crippen LogP) is 2.14. The Balaban J connectivity index is 1.87. The van der Waals surface area contributed by atoms with E-state index in [-0.39, 0.29) is 11.9 Å². The summed E-state index contributed by atoms with van der Waals surface area (Å²) in [5.74, 6) is 2.01. The van der Waals surface area contributed by atoms with Crippen LogP contribution in [0.25, 0.3) is 0 Å². The third-order valence-electron chi connectivity index (χ3n) is 3.97. The maximum absolute atomic E-state index is 11.9. The second-order valence-corrected chi connectivity index (χ2v) is 6.52. The monoisotopic (exact) mass is 308 g/mol. The van der Waals surface area contributed by atoms with Crippen LogP contribution in [0.1, 0.15) is 18.9 Å². The Kier molecular flexibility index (Phi) is 5.94. The molecule has 21 heavy (non-hydrogen) atoms. The first-order valence-corrected chi connectivity index (χ1v) is 8.43. The lowest BCUT2D eigenvalue weighted by molar-refractivity contribution is -0.124. The van der Waals surface area contributed by atoms with Crippen molar-refractivity contribution in [3.8, 4) is 5.75 Å². The van der Waals surface area contributed by atoms with Crippen LogP contribution < -0.4 is 10.1 Å². The van der Waals surface area contributed by atoms with Gasteiger partial charge in [-0.05, 0) is 30.7 Å². The average Bonchev–Trinajstić information content (AvgIpc) is 2.96. The molecule has 2 atom stereocenters. The van der Waals surface area contributed by atoms with E-state index in [9.17, 15) is 4.79 Å². The number of rotatable bonds is 6. The number of carbonyl (C=O) groups excluding carboxylic acids is 1. The van der Waals surface area contributed by atoms with Crippen LogP contribution in [0.2, 0.25) is 0 Å². The molecule has 1 saturated heterocycles. The standard InChI is InChI=1S/C16H24N2O2S/c1-4-18-10-14(9-15(18)16(19)17-2)21-11-12-5-7-13(20-3)8-6-12/h5-8,14-15H,4,9-11H2,1-3H3,(H,17,19)/t14-,15-/m0/s1. The summed E-state index contributed by atoms with van der Waals surface area (Å²) in [5.41, 5.74) is 1.30. The maximum Gasteiger partial charge on any atom is 0.237 e. The lowest BCUT2D eigenvalue weighted by Gasteiger charge is -2.20. The van der Waals surface area contributed by atoms with Crippen molar-refractivity contribution in [2.75, 3.05) is 27.2 Å². The molecule has 0 aliphatic carbocycles. The smallest absolute Gasteiger partial charge is 0.237 e. The third kappa shape index (κ3) is 4.14. The second-order valence-electron chi connectivity index (χ2n) is 5.23. The number of hydrogen-bond acceptors (Lipinski definition) is 4. The van der Waals surface area contributed by atoms with Crippen molar-refractivity contribution in [2.24, 2.45) is 0 Å². The Morgan fingerprint density at radius 3 is 2.71 bits per heavy atom. The molecule has 1 N–H and O–H groups in total. The molecule has 0 spiro atoms. The molecule has 0 radical (unpaired) electrons. The van der Waals surface area contributed by atoms with Crippen LogP contribution in [-0.4, -0.2) is 49.3 Å². The van der Waals surface area contributed by atoms with Crippen molar-refractivity contribution >= 4 is 17.7 Å². The molecule has 0 saturated carbocycles. The zero-order valence-corrected chi connectivity index (χ0v) is 13.8. The Labute approximate surface area is 131 Å². The number of thioether (sulfide) groups is 1. The first-order valence-electron chi connectivity index (χ1n) is 7.38. The molecule has 1 aromatic carbocycles. The van der Waals surface area contributed by atoms with Crippen LogP contribution in [-0.2, 0) is 10.5 Å². The van der Waals surface area contributed by atoms with E-state index < -0.39 is 0 Å². The zero-order valence-electron chi connectivity index (χ0n) is 13.0. The quantitative estimate of drug-likeness (QED) is 0.874. The summed E-state index contributed by atoms with van der Waals surface area (Å²) in [6.07, 6.45) is 0.939. The van der Waals surface area contributed by atoms with Crippen molar-refractivity contribution in [1.29, 1.82) is 0 Å². The molecule has 0 unspecified atom stereocenters. The van der Waals surface area contributed by atoms with E-state index in [4.69, 9.17) is 4.74 Å². The van der Waals surface area contributed by atoms with Crippen molar-refractivity contribution in [2.45, 2.75) is 30.4 Å². The highest BCUT2D eigenvalue weighted by Gasteiger charge is 2.35. The molecular weight excluding hydrogens is 284 g/mol. The Hall–Kier alpha value is -1.20. The molecule has 1 amide bonds. The van der Waals surface area contributed by atoms with Gasteiger partial charge in [-0.15, -0.1) is 0 Å². The van der Waals surface area contributed by atoms with Crippen LogP contribution >= 0.6 is 11.8 Å². The fourth-order valence-electron chi connectivity index (χ4n) is 2.71. The summed E-state index contributed by atoms with van der Waals surface area (Å²) in [5, 5.41) is 3.30. The molecule has 1 aliphatic rings. The highest BCUT2D eigenvalue weighted by molar-refractivity contribution is 7.99. The van der Waals surface area contributed by atoms with Gasteiger partial charge in [0.25, 0.3) is 0 Å². The molecule has 0 bridgehead atoms. The number of likely N-dealkylation sites (tertiary alicyclic amines) is 1. The van der Waals surface area contributed by atoms with Crippen LogP contribution in [0.4, 0.5) is 0 Å². The van der Waals surface area contributed by atoms with Gasteiger partial charge in [-0.25, -0.2) is 0 Å². The molecule has 2 rings (SSSR count). The fraction of sp³-hybridized carbons (Fsp3) is 0.562. The minimum Gasteiger partial charge on any atom is -0.497 e. The van der Waals surface area contributed by atoms with Crippen molar-refractivity contribution in [3.63, 3.8) is 0 Å². The SMILES string of the molecule is CCN1C[C@@H](SCc2ccc(OC)cc2)C[C@H]1C(=O)NC. The number of carbonyl (C=O) groups is 1. The van der Waals surface area contributed by atoms with Gasteiger partial charge in [-0.3, -0.25) is 9.69 Å². The van der Waals surface area contributed by atoms with Gasteiger partial charge >= 0.3 is 0 Å². The molecular formula is C16H24N2O2S.